The molecule has 0 spiro atoms. The van der Waals surface area contributed by atoms with E-state index in [0.29, 0.717) is 19.6 Å². The second-order valence-corrected chi connectivity index (χ2v) is 3.48. The summed E-state index contributed by atoms with van der Waals surface area (Å²) in [6.07, 6.45) is 2.47. The van der Waals surface area contributed by atoms with Crippen LogP contribution in [0.5, 0.6) is 5.75 Å². The van der Waals surface area contributed by atoms with Crippen molar-refractivity contribution in [2.24, 2.45) is 5.11 Å². The quantitative estimate of drug-likeness (QED) is 0.341. The Hall–Kier alpha value is -2.26. The fourth-order valence-electron chi connectivity index (χ4n) is 1.56. The predicted molar refractivity (Wildman–Crippen MR) is 65.9 cm³/mol. The number of nitrogens with zero attached hydrogens (tertiary/aromatic N) is 4. The van der Waals surface area contributed by atoms with Crippen molar-refractivity contribution < 1.29 is 4.74 Å². The summed E-state index contributed by atoms with van der Waals surface area (Å²) in [5, 5.41) is 4.45. The van der Waals surface area contributed by atoms with E-state index in [4.69, 9.17) is 10.3 Å². The summed E-state index contributed by atoms with van der Waals surface area (Å²) in [5.41, 5.74) is 9.05. The number of rotatable bonds is 5. The fourth-order valence-corrected chi connectivity index (χ4v) is 1.56. The van der Waals surface area contributed by atoms with E-state index in [9.17, 15) is 0 Å². The van der Waals surface area contributed by atoms with Gasteiger partial charge in [0.05, 0.1) is 12.1 Å². The fraction of sp³-hybridized carbons (Fsp3) is 0.250. The lowest BCUT2D eigenvalue weighted by Crippen LogP contribution is -1.99. The van der Waals surface area contributed by atoms with Gasteiger partial charge in [0.15, 0.2) is 0 Å². The molecule has 0 aliphatic heterocycles. The van der Waals surface area contributed by atoms with Gasteiger partial charge in [-0.05, 0) is 36.2 Å². The Bertz CT molecular complexity index is 544. The van der Waals surface area contributed by atoms with Crippen LogP contribution in [0.25, 0.3) is 21.3 Å². The van der Waals surface area contributed by atoms with Crippen LogP contribution in [-0.4, -0.2) is 18.1 Å². The molecule has 0 radical (unpaired) electrons. The number of hydrogen-bond acceptors (Lipinski definition) is 3. The Morgan fingerprint density at radius 3 is 3.12 bits per heavy atom. The normalized spacial score (nSPS) is 9.88. The SMILES string of the molecule is [N-]=[N+]=NCCCOc1cccc2ncccc12. The molecule has 0 atom stereocenters. The zero-order valence-electron chi connectivity index (χ0n) is 9.28. The second-order valence-electron chi connectivity index (χ2n) is 3.48. The van der Waals surface area contributed by atoms with Crippen molar-refractivity contribution in [3.63, 3.8) is 0 Å². The van der Waals surface area contributed by atoms with E-state index in [1.165, 1.54) is 0 Å². The van der Waals surface area contributed by atoms with Crippen LogP contribution in [-0.2, 0) is 0 Å². The molecule has 0 bridgehead atoms. The van der Waals surface area contributed by atoms with Gasteiger partial charge in [-0.15, -0.1) is 0 Å². The highest BCUT2D eigenvalue weighted by atomic mass is 16.5. The summed E-state index contributed by atoms with van der Waals surface area (Å²) in [4.78, 5) is 6.94. The molecule has 1 heterocycles. The van der Waals surface area contributed by atoms with E-state index in [2.05, 4.69) is 15.0 Å². The van der Waals surface area contributed by atoms with E-state index in [1.54, 1.807) is 6.20 Å². The van der Waals surface area contributed by atoms with Crippen LogP contribution in [0, 0.1) is 0 Å². The van der Waals surface area contributed by atoms with Gasteiger partial charge in [-0.3, -0.25) is 4.98 Å². The van der Waals surface area contributed by atoms with Gasteiger partial charge in [0.2, 0.25) is 0 Å². The number of fused-ring (bicyclic) bond motifs is 1. The number of ether oxygens (including phenoxy) is 1. The van der Waals surface area contributed by atoms with Gasteiger partial charge in [-0.25, -0.2) is 0 Å². The first-order chi connectivity index (χ1) is 8.42. The van der Waals surface area contributed by atoms with E-state index >= 15 is 0 Å². The van der Waals surface area contributed by atoms with Crippen molar-refractivity contribution in [1.29, 1.82) is 0 Å². The van der Waals surface area contributed by atoms with Crippen LogP contribution in [0.3, 0.4) is 0 Å². The van der Waals surface area contributed by atoms with Crippen LogP contribution in [0.1, 0.15) is 6.42 Å². The minimum absolute atomic E-state index is 0.458. The smallest absolute Gasteiger partial charge is 0.128 e. The van der Waals surface area contributed by atoms with Crippen LogP contribution in [0.15, 0.2) is 41.6 Å². The Morgan fingerprint density at radius 1 is 1.29 bits per heavy atom. The summed E-state index contributed by atoms with van der Waals surface area (Å²) in [7, 11) is 0. The lowest BCUT2D eigenvalue weighted by molar-refractivity contribution is 0.317. The van der Waals surface area contributed by atoms with Crippen molar-refractivity contribution in [2.45, 2.75) is 6.42 Å². The molecule has 1 aromatic heterocycles. The van der Waals surface area contributed by atoms with Gasteiger partial charge >= 0.3 is 0 Å². The van der Waals surface area contributed by atoms with Gasteiger partial charge in [0, 0.05) is 23.0 Å². The number of azide groups is 1. The van der Waals surface area contributed by atoms with Crippen molar-refractivity contribution in [2.75, 3.05) is 13.2 Å². The molecule has 2 rings (SSSR count). The molecular weight excluding hydrogens is 216 g/mol. The second kappa shape index (κ2) is 5.72. The molecule has 17 heavy (non-hydrogen) atoms. The highest BCUT2D eigenvalue weighted by Gasteiger charge is 2.01. The molecule has 0 saturated heterocycles. The third kappa shape index (κ3) is 2.86. The first kappa shape index (κ1) is 11.2. The Morgan fingerprint density at radius 2 is 2.24 bits per heavy atom. The summed E-state index contributed by atoms with van der Waals surface area (Å²) in [6.45, 7) is 0.993. The van der Waals surface area contributed by atoms with Crippen LogP contribution in [0.2, 0.25) is 0 Å². The molecule has 0 saturated carbocycles. The molecular formula is C12H12N4O. The minimum Gasteiger partial charge on any atom is -0.493 e. The molecule has 5 nitrogen and oxygen atoms in total. The Kier molecular flexibility index (Phi) is 3.78. The molecule has 0 aliphatic rings. The average molecular weight is 228 g/mol. The topological polar surface area (TPSA) is 70.9 Å². The predicted octanol–water partition coefficient (Wildman–Crippen LogP) is 3.31. The Balaban J connectivity index is 2.05. The monoisotopic (exact) mass is 228 g/mol. The van der Waals surface area contributed by atoms with Gasteiger partial charge in [0.1, 0.15) is 5.75 Å². The zero-order valence-corrected chi connectivity index (χ0v) is 9.28. The summed E-state index contributed by atoms with van der Waals surface area (Å²) in [6, 6.07) is 9.64. The minimum atomic E-state index is 0.458. The first-order valence-electron chi connectivity index (χ1n) is 5.39. The first-order valence-corrected chi connectivity index (χ1v) is 5.39. The maximum Gasteiger partial charge on any atom is 0.128 e. The summed E-state index contributed by atoms with van der Waals surface area (Å²) >= 11 is 0. The average Bonchev–Trinajstić information content (AvgIpc) is 2.39. The number of pyridine rings is 1. The summed E-state index contributed by atoms with van der Waals surface area (Å²) < 4.78 is 5.64. The van der Waals surface area contributed by atoms with E-state index < -0.39 is 0 Å². The molecule has 86 valence electrons. The third-order valence-corrected chi connectivity index (χ3v) is 2.33. The van der Waals surface area contributed by atoms with Gasteiger partial charge < -0.3 is 4.74 Å². The van der Waals surface area contributed by atoms with Crippen LogP contribution >= 0.6 is 0 Å². The van der Waals surface area contributed by atoms with Gasteiger partial charge in [-0.1, -0.05) is 11.2 Å². The van der Waals surface area contributed by atoms with Crippen molar-refractivity contribution >= 4 is 10.9 Å². The molecule has 1 aromatic carbocycles. The molecule has 2 aromatic rings. The largest absolute Gasteiger partial charge is 0.493 e. The van der Waals surface area contributed by atoms with Crippen LogP contribution in [0.4, 0.5) is 0 Å². The number of aromatic nitrogens is 1. The van der Waals surface area contributed by atoms with Crippen molar-refractivity contribution in [3.05, 3.63) is 47.0 Å². The van der Waals surface area contributed by atoms with E-state index in [1.807, 2.05) is 30.3 Å². The maximum atomic E-state index is 8.13. The molecule has 5 heteroatoms. The van der Waals surface area contributed by atoms with E-state index in [-0.39, 0.29) is 0 Å². The molecule has 0 unspecified atom stereocenters. The molecule has 0 amide bonds. The molecule has 0 fully saturated rings. The summed E-state index contributed by atoms with van der Waals surface area (Å²) in [5.74, 6) is 0.816. The number of hydrogen-bond donors (Lipinski definition) is 0. The molecule has 0 N–H and O–H groups in total. The standard InChI is InChI=1S/C12H12N4O/c13-16-15-8-3-9-17-12-6-1-5-11-10(12)4-2-7-14-11/h1-2,4-7H,3,8-9H2. The highest BCUT2D eigenvalue weighted by Crippen LogP contribution is 2.23. The lowest BCUT2D eigenvalue weighted by atomic mass is 10.2. The van der Waals surface area contributed by atoms with Gasteiger partial charge in [0.25, 0.3) is 0 Å². The number of benzene rings is 1. The zero-order chi connectivity index (χ0) is 11.9. The highest BCUT2D eigenvalue weighted by molar-refractivity contribution is 5.84. The van der Waals surface area contributed by atoms with Gasteiger partial charge in [-0.2, -0.15) is 0 Å². The van der Waals surface area contributed by atoms with E-state index in [0.717, 1.165) is 16.7 Å². The molecule has 0 aliphatic carbocycles. The lowest BCUT2D eigenvalue weighted by Gasteiger charge is -2.07. The van der Waals surface area contributed by atoms with Crippen molar-refractivity contribution in [1.82, 2.24) is 4.98 Å². The van der Waals surface area contributed by atoms with Crippen LogP contribution < -0.4 is 4.74 Å². The third-order valence-electron chi connectivity index (χ3n) is 2.33. The maximum absolute atomic E-state index is 8.13. The van der Waals surface area contributed by atoms with Crippen molar-refractivity contribution in [3.8, 4) is 5.75 Å². The Labute approximate surface area is 98.7 Å².